The molecule has 2 aromatic rings. The first-order valence-electron chi connectivity index (χ1n) is 6.89. The first-order valence-corrected chi connectivity index (χ1v) is 8.37. The van der Waals surface area contributed by atoms with Crippen molar-refractivity contribution in [2.24, 2.45) is 5.92 Å². The molecule has 0 bridgehead atoms. The van der Waals surface area contributed by atoms with Crippen LogP contribution < -0.4 is 4.72 Å². The van der Waals surface area contributed by atoms with Crippen LogP contribution >= 0.6 is 0 Å². The van der Waals surface area contributed by atoms with E-state index in [4.69, 9.17) is 0 Å². The molecule has 0 aliphatic heterocycles. The smallest absolute Gasteiger partial charge is 0.207 e. The van der Waals surface area contributed by atoms with E-state index in [-0.39, 0.29) is 10.9 Å². The fourth-order valence-corrected chi connectivity index (χ4v) is 3.67. The average molecular weight is 305 g/mol. The summed E-state index contributed by atoms with van der Waals surface area (Å²) in [6.07, 6.45) is 2.04. The number of sulfonamides is 1. The van der Waals surface area contributed by atoms with Gasteiger partial charge in [0.2, 0.25) is 10.0 Å². The molecule has 2 aromatic carbocycles. The lowest BCUT2D eigenvalue weighted by molar-refractivity contribution is 0.529. The molecule has 0 heterocycles. The van der Waals surface area contributed by atoms with Crippen molar-refractivity contribution in [2.45, 2.75) is 23.8 Å². The number of benzene rings is 2. The van der Waals surface area contributed by atoms with Gasteiger partial charge in [-0.3, -0.25) is 0 Å². The van der Waals surface area contributed by atoms with Crippen molar-refractivity contribution in [3.05, 3.63) is 66.0 Å². The lowest BCUT2D eigenvalue weighted by Gasteiger charge is -2.18. The lowest BCUT2D eigenvalue weighted by atomic mass is 10.0. The average Bonchev–Trinajstić information content (AvgIpc) is 3.31. The van der Waals surface area contributed by atoms with Crippen LogP contribution in [0.5, 0.6) is 0 Å². The molecule has 1 fully saturated rings. The zero-order valence-corrected chi connectivity index (χ0v) is 12.2. The van der Waals surface area contributed by atoms with Gasteiger partial charge in [0.25, 0.3) is 0 Å². The quantitative estimate of drug-likeness (QED) is 0.921. The molecule has 0 aromatic heterocycles. The van der Waals surface area contributed by atoms with Crippen LogP contribution in [0.25, 0.3) is 0 Å². The van der Waals surface area contributed by atoms with Crippen molar-refractivity contribution in [1.29, 1.82) is 0 Å². The summed E-state index contributed by atoms with van der Waals surface area (Å²) in [5.41, 5.74) is 0.964. The monoisotopic (exact) mass is 305 g/mol. The molecule has 1 atom stereocenters. The third-order valence-corrected chi connectivity index (χ3v) is 5.12. The molecule has 0 amide bonds. The van der Waals surface area contributed by atoms with Crippen LogP contribution in [0.4, 0.5) is 4.39 Å². The Morgan fingerprint density at radius 3 is 2.19 bits per heavy atom. The number of hydrogen-bond acceptors (Lipinski definition) is 2. The maximum Gasteiger partial charge on any atom is 0.241 e. The molecule has 5 heteroatoms. The molecule has 0 radical (unpaired) electrons. The van der Waals surface area contributed by atoms with Crippen LogP contribution in [-0.2, 0) is 10.0 Å². The van der Waals surface area contributed by atoms with Gasteiger partial charge in [-0.25, -0.2) is 17.5 Å². The van der Waals surface area contributed by atoms with Crippen LogP contribution in [0.2, 0.25) is 0 Å². The highest BCUT2D eigenvalue weighted by Crippen LogP contribution is 2.41. The van der Waals surface area contributed by atoms with Crippen LogP contribution in [0.3, 0.4) is 0 Å². The first-order chi connectivity index (χ1) is 10.1. The van der Waals surface area contributed by atoms with Gasteiger partial charge in [-0.2, -0.15) is 0 Å². The Morgan fingerprint density at radius 2 is 1.62 bits per heavy atom. The van der Waals surface area contributed by atoms with Crippen molar-refractivity contribution in [2.75, 3.05) is 0 Å². The Labute approximate surface area is 123 Å². The molecule has 110 valence electrons. The molecule has 0 spiro atoms. The molecule has 21 heavy (non-hydrogen) atoms. The summed E-state index contributed by atoms with van der Waals surface area (Å²) < 4.78 is 40.5. The molecule has 1 N–H and O–H groups in total. The van der Waals surface area contributed by atoms with Gasteiger partial charge in [0.1, 0.15) is 5.82 Å². The van der Waals surface area contributed by atoms with Crippen LogP contribution in [0, 0.1) is 11.7 Å². The van der Waals surface area contributed by atoms with E-state index in [9.17, 15) is 12.8 Å². The highest BCUT2D eigenvalue weighted by molar-refractivity contribution is 7.89. The summed E-state index contributed by atoms with van der Waals surface area (Å²) in [5.74, 6) is -0.113. The number of halogens is 1. The van der Waals surface area contributed by atoms with E-state index in [1.165, 1.54) is 12.1 Å². The van der Waals surface area contributed by atoms with Gasteiger partial charge in [-0.1, -0.05) is 30.3 Å². The molecular weight excluding hydrogens is 289 g/mol. The van der Waals surface area contributed by atoms with Gasteiger partial charge < -0.3 is 0 Å². The minimum atomic E-state index is -3.65. The Balaban J connectivity index is 1.87. The van der Waals surface area contributed by atoms with Crippen molar-refractivity contribution in [3.8, 4) is 0 Å². The summed E-state index contributed by atoms with van der Waals surface area (Å²) in [6, 6.07) is 14.2. The largest absolute Gasteiger partial charge is 0.241 e. The molecule has 1 aliphatic carbocycles. The van der Waals surface area contributed by atoms with Crippen LogP contribution in [0.15, 0.2) is 59.5 Å². The predicted molar refractivity (Wildman–Crippen MR) is 78.6 cm³/mol. The second-order valence-electron chi connectivity index (χ2n) is 5.30. The fourth-order valence-electron chi connectivity index (χ4n) is 2.38. The van der Waals surface area contributed by atoms with E-state index in [1.54, 1.807) is 0 Å². The number of hydrogen-bond donors (Lipinski definition) is 1. The number of nitrogens with one attached hydrogen (secondary N) is 1. The zero-order valence-electron chi connectivity index (χ0n) is 11.4. The normalized spacial score (nSPS) is 16.6. The summed E-state index contributed by atoms with van der Waals surface area (Å²) in [6.45, 7) is 0. The van der Waals surface area contributed by atoms with Crippen molar-refractivity contribution in [3.63, 3.8) is 0 Å². The second kappa shape index (κ2) is 5.58. The fraction of sp³-hybridized carbons (Fsp3) is 0.250. The molecule has 3 nitrogen and oxygen atoms in total. The van der Waals surface area contributed by atoms with Gasteiger partial charge in [0.15, 0.2) is 0 Å². The van der Waals surface area contributed by atoms with Gasteiger partial charge in [-0.15, -0.1) is 0 Å². The van der Waals surface area contributed by atoms with Crippen LogP contribution in [0.1, 0.15) is 24.4 Å². The molecule has 1 saturated carbocycles. The van der Waals surface area contributed by atoms with E-state index in [0.29, 0.717) is 5.92 Å². The van der Waals surface area contributed by atoms with Crippen LogP contribution in [-0.4, -0.2) is 8.42 Å². The molecule has 0 saturated heterocycles. The summed E-state index contributed by atoms with van der Waals surface area (Å²) in [7, 11) is -3.65. The third-order valence-electron chi connectivity index (χ3n) is 3.66. The SMILES string of the molecule is O=S(=O)(NC(c1ccccc1)C1CC1)c1ccc(F)cc1. The Hall–Kier alpha value is -1.72. The van der Waals surface area contributed by atoms with Crippen molar-refractivity contribution in [1.82, 2.24) is 4.72 Å². The van der Waals surface area contributed by atoms with E-state index >= 15 is 0 Å². The Morgan fingerprint density at radius 1 is 1.00 bits per heavy atom. The van der Waals surface area contributed by atoms with Crippen molar-refractivity contribution >= 4 is 10.0 Å². The van der Waals surface area contributed by atoms with Gasteiger partial charge >= 0.3 is 0 Å². The molecule has 1 unspecified atom stereocenters. The lowest BCUT2D eigenvalue weighted by Crippen LogP contribution is -2.30. The summed E-state index contributed by atoms with van der Waals surface area (Å²) in [4.78, 5) is 0.0884. The van der Waals surface area contributed by atoms with Crippen molar-refractivity contribution < 1.29 is 12.8 Å². The van der Waals surface area contributed by atoms with E-state index in [2.05, 4.69) is 4.72 Å². The molecule has 1 aliphatic rings. The van der Waals surface area contributed by atoms with Gasteiger partial charge in [-0.05, 0) is 48.6 Å². The topological polar surface area (TPSA) is 46.2 Å². The highest BCUT2D eigenvalue weighted by Gasteiger charge is 2.35. The molecular formula is C16H16FNO2S. The summed E-state index contributed by atoms with van der Waals surface area (Å²) >= 11 is 0. The third kappa shape index (κ3) is 3.31. The number of rotatable bonds is 5. The van der Waals surface area contributed by atoms with E-state index in [1.807, 2.05) is 30.3 Å². The summed E-state index contributed by atoms with van der Waals surface area (Å²) in [5, 5.41) is 0. The standard InChI is InChI=1S/C16H16FNO2S/c17-14-8-10-15(11-9-14)21(19,20)18-16(13-6-7-13)12-4-2-1-3-5-12/h1-5,8-11,13,16,18H,6-7H2. The predicted octanol–water partition coefficient (Wildman–Crippen LogP) is 3.26. The Kier molecular flexibility index (Phi) is 3.78. The van der Waals surface area contributed by atoms with Gasteiger partial charge in [0, 0.05) is 6.04 Å². The maximum absolute atomic E-state index is 12.9. The van der Waals surface area contributed by atoms with E-state index in [0.717, 1.165) is 30.5 Å². The zero-order chi connectivity index (χ0) is 14.9. The maximum atomic E-state index is 12.9. The minimum Gasteiger partial charge on any atom is -0.207 e. The second-order valence-corrected chi connectivity index (χ2v) is 7.01. The highest BCUT2D eigenvalue weighted by atomic mass is 32.2. The first kappa shape index (κ1) is 14.2. The molecule has 3 rings (SSSR count). The van der Waals surface area contributed by atoms with Gasteiger partial charge in [0.05, 0.1) is 4.90 Å². The minimum absolute atomic E-state index is 0.0884. The Bertz CT molecular complexity index is 710. The van der Waals surface area contributed by atoms with E-state index < -0.39 is 15.8 Å².